The number of hydrogen-bond donors (Lipinski definition) is 0. The van der Waals surface area contributed by atoms with Gasteiger partial charge in [-0.1, -0.05) is 6.92 Å². The van der Waals surface area contributed by atoms with Crippen LogP contribution in [0.25, 0.3) is 0 Å². The summed E-state index contributed by atoms with van der Waals surface area (Å²) < 4.78 is 15.3. The molecule has 1 aliphatic rings. The average molecular weight is 307 g/mol. The number of esters is 1. The van der Waals surface area contributed by atoms with Crippen LogP contribution in [0.4, 0.5) is 0 Å². The number of nitrogens with zero attached hydrogens (tertiary/aromatic N) is 1. The molecule has 2 rings (SSSR count). The monoisotopic (exact) mass is 307 g/mol. The second-order valence-electron chi connectivity index (χ2n) is 5.13. The molecule has 0 bridgehead atoms. The smallest absolute Gasteiger partial charge is 0.329 e. The summed E-state index contributed by atoms with van der Waals surface area (Å²) in [6, 6.07) is 4.86. The van der Waals surface area contributed by atoms with Crippen molar-refractivity contribution in [3.63, 3.8) is 0 Å². The molecule has 6 nitrogen and oxygen atoms in total. The van der Waals surface area contributed by atoms with Crippen LogP contribution in [0.3, 0.4) is 0 Å². The molecule has 22 heavy (non-hydrogen) atoms. The Bertz CT molecular complexity index is 572. The maximum absolute atomic E-state index is 12.2. The van der Waals surface area contributed by atoms with E-state index in [0.717, 1.165) is 5.56 Å². The summed E-state index contributed by atoms with van der Waals surface area (Å²) in [6.45, 7) is 2.20. The van der Waals surface area contributed by atoms with Crippen molar-refractivity contribution < 1.29 is 23.8 Å². The van der Waals surface area contributed by atoms with Gasteiger partial charge in [0.25, 0.3) is 0 Å². The highest BCUT2D eigenvalue weighted by molar-refractivity contribution is 5.97. The number of carbonyl (C=O) groups excluding carboxylic acids is 2. The highest BCUT2D eigenvalue weighted by Gasteiger charge is 2.50. The number of benzene rings is 1. The molecule has 1 fully saturated rings. The van der Waals surface area contributed by atoms with Gasteiger partial charge in [-0.25, -0.2) is 4.79 Å². The van der Waals surface area contributed by atoms with Gasteiger partial charge in [0.1, 0.15) is 17.5 Å². The molecule has 1 aromatic rings. The van der Waals surface area contributed by atoms with Gasteiger partial charge < -0.3 is 19.1 Å². The Hall–Kier alpha value is -2.24. The van der Waals surface area contributed by atoms with Crippen LogP contribution in [0.2, 0.25) is 0 Å². The SMILES string of the molecule is CC[C@H]1C(=O)N(Cc2ccc(OC)cc2OC)[C@@H]1C(=O)OC. The zero-order valence-corrected chi connectivity index (χ0v) is 13.3. The summed E-state index contributed by atoms with van der Waals surface area (Å²) >= 11 is 0. The zero-order valence-electron chi connectivity index (χ0n) is 13.3. The van der Waals surface area contributed by atoms with Crippen LogP contribution in [-0.2, 0) is 20.9 Å². The molecular weight excluding hydrogens is 286 g/mol. The number of carbonyl (C=O) groups is 2. The number of ether oxygens (including phenoxy) is 3. The number of β-lactam (4-membered cyclic amide) rings is 1. The molecule has 1 aromatic carbocycles. The minimum absolute atomic E-state index is 0.0317. The Labute approximate surface area is 129 Å². The Balaban J connectivity index is 2.22. The predicted molar refractivity (Wildman–Crippen MR) is 79.7 cm³/mol. The Kier molecular flexibility index (Phi) is 4.90. The molecule has 0 N–H and O–H groups in total. The Morgan fingerprint density at radius 3 is 2.50 bits per heavy atom. The van der Waals surface area contributed by atoms with Crippen molar-refractivity contribution in [3.8, 4) is 11.5 Å². The molecule has 2 atom stereocenters. The highest BCUT2D eigenvalue weighted by atomic mass is 16.5. The molecule has 6 heteroatoms. The number of hydrogen-bond acceptors (Lipinski definition) is 5. The van der Waals surface area contributed by atoms with Gasteiger partial charge in [0.05, 0.1) is 33.8 Å². The fraction of sp³-hybridized carbons (Fsp3) is 0.500. The van der Waals surface area contributed by atoms with E-state index in [1.54, 1.807) is 26.4 Å². The molecule has 0 spiro atoms. The van der Waals surface area contributed by atoms with E-state index in [0.29, 0.717) is 24.5 Å². The van der Waals surface area contributed by atoms with Crippen LogP contribution in [-0.4, -0.2) is 44.1 Å². The van der Waals surface area contributed by atoms with Gasteiger partial charge in [-0.3, -0.25) is 4.79 Å². The molecule has 0 radical (unpaired) electrons. The van der Waals surface area contributed by atoms with Gasteiger partial charge in [0.15, 0.2) is 0 Å². The number of amides is 1. The molecule has 1 aliphatic heterocycles. The first-order chi connectivity index (χ1) is 10.6. The highest BCUT2D eigenvalue weighted by Crippen LogP contribution is 2.34. The summed E-state index contributed by atoms with van der Waals surface area (Å²) in [5.41, 5.74) is 0.820. The van der Waals surface area contributed by atoms with Crippen molar-refractivity contribution in [3.05, 3.63) is 23.8 Å². The summed E-state index contributed by atoms with van der Waals surface area (Å²) in [7, 11) is 4.47. The standard InChI is InChI=1S/C16H21NO5/c1-5-12-14(16(19)22-4)17(15(12)18)9-10-6-7-11(20-2)8-13(10)21-3/h6-8,12,14H,5,9H2,1-4H3/t12-,14+/m1/s1. The maximum atomic E-state index is 12.2. The minimum atomic E-state index is -0.519. The van der Waals surface area contributed by atoms with E-state index in [-0.39, 0.29) is 17.8 Å². The number of rotatable bonds is 6. The van der Waals surface area contributed by atoms with Crippen molar-refractivity contribution in [2.75, 3.05) is 21.3 Å². The van der Waals surface area contributed by atoms with Crippen LogP contribution in [0.15, 0.2) is 18.2 Å². The van der Waals surface area contributed by atoms with Gasteiger partial charge >= 0.3 is 5.97 Å². The van der Waals surface area contributed by atoms with Crippen molar-refractivity contribution in [1.29, 1.82) is 0 Å². The van der Waals surface area contributed by atoms with E-state index in [2.05, 4.69) is 0 Å². The van der Waals surface area contributed by atoms with Crippen LogP contribution in [0, 0.1) is 5.92 Å². The Morgan fingerprint density at radius 2 is 1.95 bits per heavy atom. The van der Waals surface area contributed by atoms with Gasteiger partial charge in [0.2, 0.25) is 5.91 Å². The molecule has 0 saturated carbocycles. The summed E-state index contributed by atoms with van der Waals surface area (Å²) in [4.78, 5) is 25.6. The fourth-order valence-electron chi connectivity index (χ4n) is 2.77. The van der Waals surface area contributed by atoms with Crippen LogP contribution in [0.5, 0.6) is 11.5 Å². The summed E-state index contributed by atoms with van der Waals surface area (Å²) in [6.07, 6.45) is 0.620. The van der Waals surface area contributed by atoms with Crippen molar-refractivity contribution in [2.45, 2.75) is 25.9 Å². The quantitative estimate of drug-likeness (QED) is 0.590. The summed E-state index contributed by atoms with van der Waals surface area (Å²) in [5.74, 6) is 0.591. The second-order valence-corrected chi connectivity index (χ2v) is 5.13. The lowest BCUT2D eigenvalue weighted by Crippen LogP contribution is -2.63. The topological polar surface area (TPSA) is 65.1 Å². The molecule has 1 amide bonds. The third kappa shape index (κ3) is 2.73. The average Bonchev–Trinajstić information content (AvgIpc) is 2.56. The zero-order chi connectivity index (χ0) is 16.3. The van der Waals surface area contributed by atoms with E-state index in [1.807, 2.05) is 13.0 Å². The van der Waals surface area contributed by atoms with Crippen molar-refractivity contribution in [2.24, 2.45) is 5.92 Å². The predicted octanol–water partition coefficient (Wildman–Crippen LogP) is 1.61. The largest absolute Gasteiger partial charge is 0.497 e. The van der Waals surface area contributed by atoms with Gasteiger partial charge in [-0.05, 0) is 18.6 Å². The molecule has 0 aromatic heterocycles. The van der Waals surface area contributed by atoms with Crippen LogP contribution in [0.1, 0.15) is 18.9 Å². The normalized spacial score (nSPS) is 20.4. The maximum Gasteiger partial charge on any atom is 0.329 e. The molecule has 1 saturated heterocycles. The van der Waals surface area contributed by atoms with E-state index in [4.69, 9.17) is 14.2 Å². The molecule has 1 heterocycles. The van der Waals surface area contributed by atoms with E-state index >= 15 is 0 Å². The fourth-order valence-corrected chi connectivity index (χ4v) is 2.77. The number of likely N-dealkylation sites (tertiary alicyclic amines) is 1. The number of methoxy groups -OCH3 is 3. The molecular formula is C16H21NO5. The van der Waals surface area contributed by atoms with Crippen molar-refractivity contribution in [1.82, 2.24) is 4.90 Å². The first-order valence-electron chi connectivity index (χ1n) is 7.16. The van der Waals surface area contributed by atoms with Gasteiger partial charge in [-0.2, -0.15) is 0 Å². The van der Waals surface area contributed by atoms with E-state index in [1.165, 1.54) is 12.0 Å². The lowest BCUT2D eigenvalue weighted by atomic mass is 9.84. The Morgan fingerprint density at radius 1 is 1.23 bits per heavy atom. The lowest BCUT2D eigenvalue weighted by molar-refractivity contribution is -0.174. The third-order valence-electron chi connectivity index (χ3n) is 4.03. The third-order valence-corrected chi connectivity index (χ3v) is 4.03. The van der Waals surface area contributed by atoms with Crippen molar-refractivity contribution >= 4 is 11.9 Å². The lowest BCUT2D eigenvalue weighted by Gasteiger charge is -2.45. The van der Waals surface area contributed by atoms with Crippen LogP contribution < -0.4 is 9.47 Å². The second kappa shape index (κ2) is 6.68. The van der Waals surface area contributed by atoms with E-state index in [9.17, 15) is 9.59 Å². The van der Waals surface area contributed by atoms with Gasteiger partial charge in [-0.15, -0.1) is 0 Å². The first-order valence-corrected chi connectivity index (χ1v) is 7.16. The summed E-state index contributed by atoms with van der Waals surface area (Å²) in [5, 5.41) is 0. The molecule has 0 unspecified atom stereocenters. The first kappa shape index (κ1) is 16.1. The minimum Gasteiger partial charge on any atom is -0.497 e. The van der Waals surface area contributed by atoms with E-state index < -0.39 is 6.04 Å². The van der Waals surface area contributed by atoms with Gasteiger partial charge in [0, 0.05) is 11.6 Å². The van der Waals surface area contributed by atoms with Crippen LogP contribution >= 0.6 is 0 Å². The molecule has 120 valence electrons. The molecule has 0 aliphatic carbocycles.